The first-order chi connectivity index (χ1) is 8.74. The number of nitrogens with two attached hydrogens (primary N) is 1. The Morgan fingerprint density at radius 1 is 1.28 bits per heavy atom. The van der Waals surface area contributed by atoms with Gasteiger partial charge in [-0.2, -0.15) is 0 Å². The zero-order chi connectivity index (χ0) is 12.3. The maximum absolute atomic E-state index is 5.97. The van der Waals surface area contributed by atoms with Gasteiger partial charge in [-0.1, -0.05) is 12.1 Å². The molecule has 0 radical (unpaired) electrons. The predicted octanol–water partition coefficient (Wildman–Crippen LogP) is 0.962. The van der Waals surface area contributed by atoms with E-state index >= 15 is 0 Å². The highest BCUT2D eigenvalue weighted by Crippen LogP contribution is 2.44. The van der Waals surface area contributed by atoms with Gasteiger partial charge in [-0.15, -0.1) is 0 Å². The quantitative estimate of drug-likeness (QED) is 0.853. The van der Waals surface area contributed by atoms with E-state index in [9.17, 15) is 0 Å². The number of hydrogen-bond donors (Lipinski definition) is 1. The van der Waals surface area contributed by atoms with Gasteiger partial charge in [0.25, 0.3) is 0 Å². The molecule has 2 aromatic rings. The first-order valence-corrected chi connectivity index (χ1v) is 6.62. The molecule has 2 fully saturated rings. The highest BCUT2D eigenvalue weighted by Gasteiger charge is 2.53. The molecule has 1 saturated heterocycles. The summed E-state index contributed by atoms with van der Waals surface area (Å²) in [5.74, 6) is 2.66. The molecule has 18 heavy (non-hydrogen) atoms. The standard InChI is InChI=1S/C14H18N4/c1-17-12-5-3-2-4-11(12)16-13(17)8-18-6-9-10(7-18)14(9)15/h2-5,9-10,14H,6-8,15H2,1H3/t9-,10+,14+. The lowest BCUT2D eigenvalue weighted by Gasteiger charge is -2.17. The maximum Gasteiger partial charge on any atom is 0.123 e. The first-order valence-electron chi connectivity index (χ1n) is 6.62. The third-order valence-electron chi connectivity index (χ3n) is 4.58. The van der Waals surface area contributed by atoms with Crippen molar-refractivity contribution in [1.29, 1.82) is 0 Å². The molecule has 1 saturated carbocycles. The van der Waals surface area contributed by atoms with Crippen LogP contribution in [-0.4, -0.2) is 33.6 Å². The molecule has 1 aromatic heterocycles. The van der Waals surface area contributed by atoms with E-state index in [0.717, 1.165) is 42.8 Å². The minimum atomic E-state index is 0.474. The van der Waals surface area contributed by atoms with Crippen LogP contribution in [0.4, 0.5) is 0 Å². The van der Waals surface area contributed by atoms with Gasteiger partial charge in [0, 0.05) is 26.2 Å². The Kier molecular flexibility index (Phi) is 2.08. The SMILES string of the molecule is Cn1c(CN2C[C@@H]3[C@@H](N)[C@@H]3C2)nc2ccccc21. The third-order valence-corrected chi connectivity index (χ3v) is 4.58. The van der Waals surface area contributed by atoms with Crippen LogP contribution in [0.5, 0.6) is 0 Å². The number of aromatic nitrogens is 2. The monoisotopic (exact) mass is 242 g/mol. The molecule has 0 spiro atoms. The van der Waals surface area contributed by atoms with Crippen LogP contribution in [0, 0.1) is 11.8 Å². The fourth-order valence-electron chi connectivity index (χ4n) is 3.33. The van der Waals surface area contributed by atoms with Gasteiger partial charge in [-0.25, -0.2) is 4.98 Å². The van der Waals surface area contributed by atoms with Crippen LogP contribution in [0.2, 0.25) is 0 Å². The van der Waals surface area contributed by atoms with Crippen molar-refractivity contribution in [3.8, 4) is 0 Å². The number of aryl methyl sites for hydroxylation is 1. The average molecular weight is 242 g/mol. The summed E-state index contributed by atoms with van der Waals surface area (Å²) in [6, 6.07) is 8.79. The van der Waals surface area contributed by atoms with Crippen LogP contribution in [0.25, 0.3) is 11.0 Å². The van der Waals surface area contributed by atoms with Crippen LogP contribution >= 0.6 is 0 Å². The van der Waals surface area contributed by atoms with Gasteiger partial charge < -0.3 is 10.3 Å². The lowest BCUT2D eigenvalue weighted by Crippen LogP contribution is -2.28. The topological polar surface area (TPSA) is 47.1 Å². The molecule has 4 nitrogen and oxygen atoms in total. The summed E-state index contributed by atoms with van der Waals surface area (Å²) in [7, 11) is 2.10. The Hall–Kier alpha value is -1.39. The Balaban J connectivity index is 1.58. The van der Waals surface area contributed by atoms with Gasteiger partial charge in [0.2, 0.25) is 0 Å². The van der Waals surface area contributed by atoms with E-state index in [1.165, 1.54) is 5.52 Å². The smallest absolute Gasteiger partial charge is 0.123 e. The number of fused-ring (bicyclic) bond motifs is 2. The zero-order valence-corrected chi connectivity index (χ0v) is 10.6. The summed E-state index contributed by atoms with van der Waals surface area (Å²) < 4.78 is 2.21. The van der Waals surface area contributed by atoms with Crippen LogP contribution in [0.3, 0.4) is 0 Å². The highest BCUT2D eigenvalue weighted by atomic mass is 15.2. The van der Waals surface area contributed by atoms with Crippen molar-refractivity contribution < 1.29 is 0 Å². The first kappa shape index (κ1) is 10.5. The van der Waals surface area contributed by atoms with E-state index < -0.39 is 0 Å². The Morgan fingerprint density at radius 3 is 2.72 bits per heavy atom. The molecule has 3 atom stereocenters. The normalized spacial score (nSPS) is 30.9. The molecule has 2 aliphatic rings. The fraction of sp³-hybridized carbons (Fsp3) is 0.500. The van der Waals surface area contributed by atoms with Crippen molar-refractivity contribution in [2.75, 3.05) is 13.1 Å². The van der Waals surface area contributed by atoms with Gasteiger partial charge in [0.1, 0.15) is 5.82 Å². The van der Waals surface area contributed by atoms with E-state index in [0.29, 0.717) is 6.04 Å². The van der Waals surface area contributed by atoms with Gasteiger partial charge in [0.05, 0.1) is 17.6 Å². The number of nitrogens with zero attached hydrogens (tertiary/aromatic N) is 3. The molecule has 0 bridgehead atoms. The molecule has 2 N–H and O–H groups in total. The van der Waals surface area contributed by atoms with Crippen molar-refractivity contribution in [3.05, 3.63) is 30.1 Å². The molecule has 1 aliphatic carbocycles. The number of imidazole rings is 1. The summed E-state index contributed by atoms with van der Waals surface area (Å²) in [5.41, 5.74) is 8.28. The molecule has 2 heterocycles. The third kappa shape index (κ3) is 1.42. The average Bonchev–Trinajstić information content (AvgIpc) is 2.78. The van der Waals surface area contributed by atoms with Gasteiger partial charge in [-0.05, 0) is 24.0 Å². The molecular weight excluding hydrogens is 224 g/mol. The van der Waals surface area contributed by atoms with Crippen molar-refractivity contribution in [2.45, 2.75) is 12.6 Å². The fourth-order valence-corrected chi connectivity index (χ4v) is 3.33. The van der Waals surface area contributed by atoms with Crippen LogP contribution in [-0.2, 0) is 13.6 Å². The van der Waals surface area contributed by atoms with Gasteiger partial charge >= 0.3 is 0 Å². The van der Waals surface area contributed by atoms with Gasteiger partial charge in [0.15, 0.2) is 0 Å². The zero-order valence-electron chi connectivity index (χ0n) is 10.6. The number of para-hydroxylation sites is 2. The van der Waals surface area contributed by atoms with Crippen molar-refractivity contribution in [3.63, 3.8) is 0 Å². The van der Waals surface area contributed by atoms with E-state index in [-0.39, 0.29) is 0 Å². The molecule has 0 unspecified atom stereocenters. The Bertz CT molecular complexity index is 591. The number of benzene rings is 1. The van der Waals surface area contributed by atoms with E-state index in [1.54, 1.807) is 0 Å². The molecule has 4 rings (SSSR count). The van der Waals surface area contributed by atoms with Crippen molar-refractivity contribution in [1.82, 2.24) is 14.5 Å². The highest BCUT2D eigenvalue weighted by molar-refractivity contribution is 5.75. The largest absolute Gasteiger partial charge is 0.330 e. The van der Waals surface area contributed by atoms with Crippen molar-refractivity contribution in [2.24, 2.45) is 24.6 Å². The predicted molar refractivity (Wildman–Crippen MR) is 70.9 cm³/mol. The molecule has 4 heteroatoms. The number of hydrogen-bond acceptors (Lipinski definition) is 3. The minimum absolute atomic E-state index is 0.474. The number of rotatable bonds is 2. The molecule has 0 amide bonds. The minimum Gasteiger partial charge on any atom is -0.330 e. The number of piperidine rings is 1. The van der Waals surface area contributed by atoms with Gasteiger partial charge in [-0.3, -0.25) is 4.90 Å². The molecular formula is C14H18N4. The van der Waals surface area contributed by atoms with E-state index in [2.05, 4.69) is 34.7 Å². The summed E-state index contributed by atoms with van der Waals surface area (Å²) in [5, 5.41) is 0. The van der Waals surface area contributed by atoms with E-state index in [1.807, 2.05) is 6.07 Å². The van der Waals surface area contributed by atoms with Crippen LogP contribution in [0.1, 0.15) is 5.82 Å². The Morgan fingerprint density at radius 2 is 2.00 bits per heavy atom. The van der Waals surface area contributed by atoms with Crippen molar-refractivity contribution >= 4 is 11.0 Å². The lowest BCUT2D eigenvalue weighted by atomic mass is 10.3. The van der Waals surface area contributed by atoms with Crippen LogP contribution in [0.15, 0.2) is 24.3 Å². The number of likely N-dealkylation sites (tertiary alicyclic amines) is 1. The Labute approximate surface area is 106 Å². The summed E-state index contributed by atoms with van der Waals surface area (Å²) in [6.07, 6.45) is 0. The molecule has 94 valence electrons. The molecule has 1 aliphatic heterocycles. The maximum atomic E-state index is 5.97. The second-order valence-electron chi connectivity index (χ2n) is 5.67. The second kappa shape index (κ2) is 3.56. The van der Waals surface area contributed by atoms with E-state index in [4.69, 9.17) is 10.7 Å². The summed E-state index contributed by atoms with van der Waals surface area (Å²) in [4.78, 5) is 7.21. The van der Waals surface area contributed by atoms with Crippen LogP contribution < -0.4 is 5.73 Å². The summed E-state index contributed by atoms with van der Waals surface area (Å²) >= 11 is 0. The molecule has 1 aromatic carbocycles. The summed E-state index contributed by atoms with van der Waals surface area (Å²) in [6.45, 7) is 3.25. The second-order valence-corrected chi connectivity index (χ2v) is 5.67. The lowest BCUT2D eigenvalue weighted by molar-refractivity contribution is 0.280.